The molecule has 0 spiro atoms. The minimum atomic E-state index is -1.11. The predicted molar refractivity (Wildman–Crippen MR) is 102 cm³/mol. The summed E-state index contributed by atoms with van der Waals surface area (Å²) in [6.07, 6.45) is 3.13. The Bertz CT molecular complexity index is 536. The van der Waals surface area contributed by atoms with Gasteiger partial charge in [0, 0.05) is 12.6 Å². The second-order valence-electron chi connectivity index (χ2n) is 6.67. The van der Waals surface area contributed by atoms with Crippen molar-refractivity contribution in [3.63, 3.8) is 0 Å². The molecule has 0 radical (unpaired) electrons. The molecule has 1 aromatic rings. The normalized spacial score (nSPS) is 14.3. The first-order chi connectivity index (χ1) is 12.5. The number of aliphatic hydroxyl groups is 1. The molecule has 3 atom stereocenters. The van der Waals surface area contributed by atoms with Gasteiger partial charge in [0.25, 0.3) is 0 Å². The van der Waals surface area contributed by atoms with Gasteiger partial charge in [-0.05, 0) is 31.7 Å². The third-order valence-corrected chi connectivity index (χ3v) is 4.58. The van der Waals surface area contributed by atoms with E-state index in [2.05, 4.69) is 10.6 Å². The predicted octanol–water partition coefficient (Wildman–Crippen LogP) is 3.47. The van der Waals surface area contributed by atoms with Gasteiger partial charge >= 0.3 is 6.09 Å². The number of amides is 2. The van der Waals surface area contributed by atoms with Crippen LogP contribution in [0.5, 0.6) is 0 Å². The number of carboxylic acid groups (broad SMARTS) is 1. The Morgan fingerprint density at radius 3 is 2.31 bits per heavy atom. The van der Waals surface area contributed by atoms with E-state index in [1.807, 2.05) is 44.2 Å². The molecule has 0 aliphatic heterocycles. The second kappa shape index (κ2) is 12.3. The van der Waals surface area contributed by atoms with E-state index in [1.54, 1.807) is 0 Å². The molecule has 0 aliphatic rings. The highest BCUT2D eigenvalue weighted by molar-refractivity contribution is 5.80. The Labute approximate surface area is 156 Å². The molecular formula is C20H32N2O4. The van der Waals surface area contributed by atoms with Crippen molar-refractivity contribution >= 4 is 12.0 Å². The zero-order valence-electron chi connectivity index (χ0n) is 15.8. The number of hydrogen-bond acceptors (Lipinski definition) is 3. The molecule has 6 heteroatoms. The summed E-state index contributed by atoms with van der Waals surface area (Å²) >= 11 is 0. The minimum absolute atomic E-state index is 0.0702. The van der Waals surface area contributed by atoms with E-state index in [9.17, 15) is 9.59 Å². The molecule has 0 aliphatic carbocycles. The largest absolute Gasteiger partial charge is 0.465 e. The molecule has 2 amide bonds. The van der Waals surface area contributed by atoms with Crippen molar-refractivity contribution < 1.29 is 19.8 Å². The summed E-state index contributed by atoms with van der Waals surface area (Å²) in [6.45, 7) is 4.03. The molecule has 6 nitrogen and oxygen atoms in total. The van der Waals surface area contributed by atoms with Crippen molar-refractivity contribution in [1.82, 2.24) is 10.6 Å². The van der Waals surface area contributed by atoms with Gasteiger partial charge in [0.05, 0.1) is 12.0 Å². The van der Waals surface area contributed by atoms with E-state index in [0.29, 0.717) is 25.7 Å². The van der Waals surface area contributed by atoms with Crippen LogP contribution < -0.4 is 10.6 Å². The topological polar surface area (TPSA) is 98.7 Å². The van der Waals surface area contributed by atoms with Gasteiger partial charge in [0.15, 0.2) is 0 Å². The fourth-order valence-corrected chi connectivity index (χ4v) is 3.09. The maximum absolute atomic E-state index is 12.9. The number of carbonyl (C=O) groups excluding carboxylic acids is 1. The van der Waals surface area contributed by atoms with Gasteiger partial charge in [-0.1, -0.05) is 56.5 Å². The van der Waals surface area contributed by atoms with Crippen LogP contribution in [0.15, 0.2) is 30.3 Å². The molecule has 0 heterocycles. The molecule has 4 N–H and O–H groups in total. The zero-order valence-corrected chi connectivity index (χ0v) is 15.8. The number of aliphatic hydroxyl groups excluding tert-OH is 1. The highest BCUT2D eigenvalue weighted by Crippen LogP contribution is 2.21. The molecule has 1 unspecified atom stereocenters. The fraction of sp³-hybridized carbons (Fsp3) is 0.600. The van der Waals surface area contributed by atoms with E-state index in [4.69, 9.17) is 10.2 Å². The quantitative estimate of drug-likeness (QED) is 0.427. The second-order valence-corrected chi connectivity index (χ2v) is 6.67. The van der Waals surface area contributed by atoms with E-state index in [0.717, 1.165) is 18.4 Å². The van der Waals surface area contributed by atoms with Crippen molar-refractivity contribution in [2.75, 3.05) is 6.61 Å². The average molecular weight is 364 g/mol. The van der Waals surface area contributed by atoms with Gasteiger partial charge in [-0.15, -0.1) is 0 Å². The first kappa shape index (κ1) is 22.0. The van der Waals surface area contributed by atoms with Crippen molar-refractivity contribution in [3.8, 4) is 0 Å². The molecule has 0 saturated carbocycles. The van der Waals surface area contributed by atoms with Crippen molar-refractivity contribution in [2.24, 2.45) is 5.92 Å². The SMILES string of the molecule is CCCC[C@H](NC(=O)O)C(CCCCO)C(=O)N[C@H](C)c1ccccc1. The van der Waals surface area contributed by atoms with Crippen LogP contribution in [0.1, 0.15) is 64.0 Å². The summed E-state index contributed by atoms with van der Waals surface area (Å²) in [6, 6.07) is 9.10. The summed E-state index contributed by atoms with van der Waals surface area (Å²) in [5, 5.41) is 23.7. The van der Waals surface area contributed by atoms with Gasteiger partial charge in [-0.25, -0.2) is 4.79 Å². The lowest BCUT2D eigenvalue weighted by atomic mass is 9.89. The Balaban J connectivity index is 2.86. The smallest absolute Gasteiger partial charge is 0.404 e. The van der Waals surface area contributed by atoms with E-state index < -0.39 is 18.1 Å². The monoisotopic (exact) mass is 364 g/mol. The Kier molecular flexibility index (Phi) is 10.4. The third-order valence-electron chi connectivity index (χ3n) is 4.58. The van der Waals surface area contributed by atoms with E-state index in [1.165, 1.54) is 0 Å². The maximum Gasteiger partial charge on any atom is 0.404 e. The van der Waals surface area contributed by atoms with E-state index in [-0.39, 0.29) is 18.6 Å². The summed E-state index contributed by atoms with van der Waals surface area (Å²) in [7, 11) is 0. The summed E-state index contributed by atoms with van der Waals surface area (Å²) < 4.78 is 0. The lowest BCUT2D eigenvalue weighted by molar-refractivity contribution is -0.126. The minimum Gasteiger partial charge on any atom is -0.465 e. The van der Waals surface area contributed by atoms with Gasteiger partial charge in [0.1, 0.15) is 0 Å². The molecule has 146 valence electrons. The number of nitrogens with one attached hydrogen (secondary N) is 2. The Morgan fingerprint density at radius 1 is 1.04 bits per heavy atom. The van der Waals surface area contributed by atoms with Crippen LogP contribution in [-0.2, 0) is 4.79 Å². The van der Waals surface area contributed by atoms with Gasteiger partial charge in [-0.2, -0.15) is 0 Å². The van der Waals surface area contributed by atoms with Gasteiger partial charge < -0.3 is 20.8 Å². The van der Waals surface area contributed by atoms with Crippen LogP contribution >= 0.6 is 0 Å². The highest BCUT2D eigenvalue weighted by Gasteiger charge is 2.29. The molecule has 1 rings (SSSR count). The van der Waals surface area contributed by atoms with Crippen molar-refractivity contribution in [3.05, 3.63) is 35.9 Å². The number of unbranched alkanes of at least 4 members (excludes halogenated alkanes) is 2. The maximum atomic E-state index is 12.9. The Hall–Kier alpha value is -2.08. The molecule has 1 aromatic carbocycles. The lowest BCUT2D eigenvalue weighted by Gasteiger charge is -2.28. The third kappa shape index (κ3) is 7.87. The first-order valence-corrected chi connectivity index (χ1v) is 9.45. The molecule has 26 heavy (non-hydrogen) atoms. The van der Waals surface area contributed by atoms with Gasteiger partial charge in [0.2, 0.25) is 5.91 Å². The summed E-state index contributed by atoms with van der Waals surface area (Å²) in [5.74, 6) is -0.593. The van der Waals surface area contributed by atoms with Crippen LogP contribution in [-0.4, -0.2) is 34.9 Å². The van der Waals surface area contributed by atoms with Gasteiger partial charge in [-0.3, -0.25) is 4.79 Å². The summed E-state index contributed by atoms with van der Waals surface area (Å²) in [4.78, 5) is 24.1. The molecular weight excluding hydrogens is 332 g/mol. The molecule has 0 aromatic heterocycles. The highest BCUT2D eigenvalue weighted by atomic mass is 16.4. The fourth-order valence-electron chi connectivity index (χ4n) is 3.09. The molecule has 0 fully saturated rings. The average Bonchev–Trinajstić information content (AvgIpc) is 2.62. The molecule has 0 saturated heterocycles. The Morgan fingerprint density at radius 2 is 1.73 bits per heavy atom. The number of benzene rings is 1. The van der Waals surface area contributed by atoms with Crippen LogP contribution in [0.3, 0.4) is 0 Å². The van der Waals surface area contributed by atoms with Crippen LogP contribution in [0.4, 0.5) is 4.79 Å². The van der Waals surface area contributed by atoms with Crippen molar-refractivity contribution in [1.29, 1.82) is 0 Å². The van der Waals surface area contributed by atoms with E-state index >= 15 is 0 Å². The zero-order chi connectivity index (χ0) is 19.4. The lowest BCUT2D eigenvalue weighted by Crippen LogP contribution is -2.47. The number of hydrogen-bond donors (Lipinski definition) is 4. The van der Waals surface area contributed by atoms with Crippen molar-refractivity contribution in [2.45, 2.75) is 64.5 Å². The van der Waals surface area contributed by atoms with Crippen LogP contribution in [0.2, 0.25) is 0 Å². The molecule has 0 bridgehead atoms. The van der Waals surface area contributed by atoms with Crippen LogP contribution in [0.25, 0.3) is 0 Å². The summed E-state index contributed by atoms with van der Waals surface area (Å²) in [5.41, 5.74) is 1.01. The first-order valence-electron chi connectivity index (χ1n) is 9.45. The van der Waals surface area contributed by atoms with Crippen LogP contribution in [0, 0.1) is 5.92 Å². The number of rotatable bonds is 12. The number of carbonyl (C=O) groups is 2. The standard InChI is InChI=1S/C20H32N2O4/c1-3-4-13-18(22-20(25)26)17(12-8-9-14-23)19(24)21-15(2)16-10-6-5-7-11-16/h5-7,10-11,15,17-18,22-23H,3-4,8-9,12-14H2,1-2H3,(H,21,24)(H,25,26)/t15-,17?,18+/m1/s1.